The molecular weight excluding hydrogens is 344 g/mol. The lowest BCUT2D eigenvalue weighted by Crippen LogP contribution is -2.28. The minimum Gasteiger partial charge on any atom is -0.476 e. The minimum absolute atomic E-state index is 0.153. The number of rotatable bonds is 0. The zero-order chi connectivity index (χ0) is 18.4. The fourth-order valence-electron chi connectivity index (χ4n) is 4.00. The lowest BCUT2D eigenvalue weighted by atomic mass is 10.1. The molecule has 2 aliphatic rings. The molecule has 3 aromatic heterocycles. The first-order valence-electron chi connectivity index (χ1n) is 9.21. The molecule has 1 saturated heterocycles. The van der Waals surface area contributed by atoms with Crippen LogP contribution < -0.4 is 15.0 Å². The third kappa shape index (κ3) is 2.59. The van der Waals surface area contributed by atoms with Gasteiger partial charge in [0.2, 0.25) is 5.88 Å². The zero-order valence-corrected chi connectivity index (χ0v) is 15.1. The Morgan fingerprint density at radius 3 is 3.19 bits per heavy atom. The van der Waals surface area contributed by atoms with Gasteiger partial charge in [-0.2, -0.15) is 5.10 Å². The van der Waals surface area contributed by atoms with E-state index in [0.717, 1.165) is 30.8 Å². The normalized spacial score (nSPS) is 19.5. The molecule has 1 amide bonds. The van der Waals surface area contributed by atoms with E-state index in [-0.39, 0.29) is 11.9 Å². The maximum absolute atomic E-state index is 12.7. The molecule has 1 unspecified atom stereocenters. The Bertz CT molecular complexity index is 1030. The number of aryl methyl sites for hydroxylation is 1. The SMILES string of the molecule is Cc1nn2ccc3nc2c1C(=O)NCCOc1ncccc1C1CCCN31. The summed E-state index contributed by atoms with van der Waals surface area (Å²) in [5.74, 6) is 1.28. The van der Waals surface area contributed by atoms with Crippen molar-refractivity contribution in [2.45, 2.75) is 25.8 Å². The molecule has 27 heavy (non-hydrogen) atoms. The Kier molecular flexibility index (Phi) is 3.70. The fraction of sp³-hybridized carbons (Fsp3) is 0.368. The fourth-order valence-corrected chi connectivity index (χ4v) is 4.00. The van der Waals surface area contributed by atoms with E-state index in [2.05, 4.69) is 26.4 Å². The third-order valence-electron chi connectivity index (χ3n) is 5.21. The maximum Gasteiger partial charge on any atom is 0.257 e. The number of fused-ring (bicyclic) bond motifs is 5. The van der Waals surface area contributed by atoms with Gasteiger partial charge < -0.3 is 15.0 Å². The lowest BCUT2D eigenvalue weighted by molar-refractivity contribution is 0.0947. The Morgan fingerprint density at radius 1 is 1.33 bits per heavy atom. The topological polar surface area (TPSA) is 84.7 Å². The number of anilines is 1. The third-order valence-corrected chi connectivity index (χ3v) is 5.21. The zero-order valence-electron chi connectivity index (χ0n) is 15.1. The number of amides is 1. The van der Waals surface area contributed by atoms with Crippen molar-refractivity contribution in [1.29, 1.82) is 0 Å². The first kappa shape index (κ1) is 16.0. The molecule has 8 heteroatoms. The summed E-state index contributed by atoms with van der Waals surface area (Å²) < 4.78 is 7.58. The molecule has 5 heterocycles. The summed E-state index contributed by atoms with van der Waals surface area (Å²) in [5.41, 5.74) is 2.82. The van der Waals surface area contributed by atoms with Crippen molar-refractivity contribution >= 4 is 17.4 Å². The Morgan fingerprint density at radius 2 is 2.26 bits per heavy atom. The average Bonchev–Trinajstić information content (AvgIpc) is 3.28. The number of hydrogen-bond donors (Lipinski definition) is 1. The van der Waals surface area contributed by atoms with E-state index in [9.17, 15) is 4.79 Å². The van der Waals surface area contributed by atoms with Gasteiger partial charge in [0.15, 0.2) is 5.65 Å². The van der Waals surface area contributed by atoms with Crippen molar-refractivity contribution in [3.05, 3.63) is 47.4 Å². The number of nitrogens with zero attached hydrogens (tertiary/aromatic N) is 5. The molecule has 3 aromatic rings. The van der Waals surface area contributed by atoms with Crippen LogP contribution in [0.1, 0.15) is 40.5 Å². The van der Waals surface area contributed by atoms with Crippen LogP contribution in [0.3, 0.4) is 0 Å². The summed E-state index contributed by atoms with van der Waals surface area (Å²) in [6, 6.07) is 6.11. The van der Waals surface area contributed by atoms with Gasteiger partial charge in [0.05, 0.1) is 18.3 Å². The molecule has 0 aromatic carbocycles. The monoisotopic (exact) mass is 364 g/mol. The number of carbonyl (C=O) groups excluding carboxylic acids is 1. The number of carbonyl (C=O) groups is 1. The average molecular weight is 364 g/mol. The van der Waals surface area contributed by atoms with Gasteiger partial charge in [-0.15, -0.1) is 0 Å². The van der Waals surface area contributed by atoms with Crippen LogP contribution in [0.25, 0.3) is 5.65 Å². The van der Waals surface area contributed by atoms with Crippen molar-refractivity contribution < 1.29 is 9.53 Å². The van der Waals surface area contributed by atoms with Crippen molar-refractivity contribution in [3.8, 4) is 5.88 Å². The molecule has 8 nitrogen and oxygen atoms in total. The molecule has 1 N–H and O–H groups in total. The predicted molar refractivity (Wildman–Crippen MR) is 99.1 cm³/mol. The first-order chi connectivity index (χ1) is 13.2. The lowest BCUT2D eigenvalue weighted by Gasteiger charge is -2.27. The maximum atomic E-state index is 12.7. The molecule has 0 aliphatic carbocycles. The van der Waals surface area contributed by atoms with Crippen LogP contribution in [0.15, 0.2) is 30.6 Å². The first-order valence-corrected chi connectivity index (χ1v) is 9.21. The Hall–Kier alpha value is -3.16. The number of pyridine rings is 1. The summed E-state index contributed by atoms with van der Waals surface area (Å²) in [4.78, 5) is 24.2. The second-order valence-corrected chi connectivity index (χ2v) is 6.87. The van der Waals surface area contributed by atoms with Crippen molar-refractivity contribution in [2.24, 2.45) is 0 Å². The largest absolute Gasteiger partial charge is 0.476 e. The number of hydrogen-bond acceptors (Lipinski definition) is 6. The molecule has 0 saturated carbocycles. The summed E-state index contributed by atoms with van der Waals surface area (Å²) in [6.07, 6.45) is 5.69. The van der Waals surface area contributed by atoms with Crippen LogP contribution in [-0.2, 0) is 0 Å². The van der Waals surface area contributed by atoms with E-state index in [0.29, 0.717) is 35.9 Å². The van der Waals surface area contributed by atoms with E-state index >= 15 is 0 Å². The van der Waals surface area contributed by atoms with Gasteiger partial charge in [-0.25, -0.2) is 14.5 Å². The van der Waals surface area contributed by atoms with E-state index < -0.39 is 0 Å². The summed E-state index contributed by atoms with van der Waals surface area (Å²) in [5, 5.41) is 7.33. The van der Waals surface area contributed by atoms with Gasteiger partial charge in [-0.1, -0.05) is 6.07 Å². The second kappa shape index (κ2) is 6.22. The molecular formula is C19H20N6O2. The van der Waals surface area contributed by atoms with Gasteiger partial charge in [0, 0.05) is 24.5 Å². The van der Waals surface area contributed by atoms with Gasteiger partial charge in [-0.05, 0) is 31.9 Å². The van der Waals surface area contributed by atoms with Crippen molar-refractivity contribution in [1.82, 2.24) is 24.9 Å². The summed E-state index contributed by atoms with van der Waals surface area (Å²) in [7, 11) is 0. The predicted octanol–water partition coefficient (Wildman–Crippen LogP) is 1.90. The second-order valence-electron chi connectivity index (χ2n) is 6.87. The standard InChI is InChI=1S/C19H20N6O2/c1-12-16-17-22-15(6-10-25(17)23-12)24-9-3-5-14(24)13-4-2-7-21-19(13)27-11-8-20-18(16)26/h2,4,6-7,10,14H,3,5,8-9,11H2,1H3,(H,20,26). The number of nitrogens with one attached hydrogen (secondary N) is 1. The molecule has 0 radical (unpaired) electrons. The highest BCUT2D eigenvalue weighted by atomic mass is 16.5. The van der Waals surface area contributed by atoms with Crippen LogP contribution >= 0.6 is 0 Å². The summed E-state index contributed by atoms with van der Waals surface area (Å²) in [6.45, 7) is 3.48. The smallest absolute Gasteiger partial charge is 0.257 e. The van der Waals surface area contributed by atoms with E-state index in [1.165, 1.54) is 0 Å². The molecule has 138 valence electrons. The minimum atomic E-state index is -0.186. The van der Waals surface area contributed by atoms with E-state index in [4.69, 9.17) is 9.72 Å². The molecule has 5 rings (SSSR count). The van der Waals surface area contributed by atoms with Crippen LogP contribution in [0.4, 0.5) is 5.82 Å². The molecule has 2 bridgehead atoms. The van der Waals surface area contributed by atoms with Gasteiger partial charge in [0.25, 0.3) is 5.91 Å². The number of ether oxygens (including phenoxy) is 1. The van der Waals surface area contributed by atoms with E-state index in [1.54, 1.807) is 10.7 Å². The molecule has 2 aliphatic heterocycles. The molecule has 1 fully saturated rings. The Labute approximate surface area is 156 Å². The summed E-state index contributed by atoms with van der Waals surface area (Å²) >= 11 is 0. The van der Waals surface area contributed by atoms with Crippen molar-refractivity contribution in [2.75, 3.05) is 24.6 Å². The van der Waals surface area contributed by atoms with Crippen LogP contribution in [0.2, 0.25) is 0 Å². The molecule has 0 spiro atoms. The Balaban J connectivity index is 1.69. The van der Waals surface area contributed by atoms with Gasteiger partial charge in [0.1, 0.15) is 18.0 Å². The number of aromatic nitrogens is 4. The quantitative estimate of drug-likeness (QED) is 0.656. The highest BCUT2D eigenvalue weighted by Gasteiger charge is 2.31. The van der Waals surface area contributed by atoms with Gasteiger partial charge >= 0.3 is 0 Å². The highest BCUT2D eigenvalue weighted by molar-refractivity contribution is 6.01. The van der Waals surface area contributed by atoms with Crippen LogP contribution in [0, 0.1) is 6.92 Å². The highest BCUT2D eigenvalue weighted by Crippen LogP contribution is 2.38. The molecule has 1 atom stereocenters. The van der Waals surface area contributed by atoms with Gasteiger partial charge in [-0.3, -0.25) is 4.79 Å². The van der Waals surface area contributed by atoms with Crippen LogP contribution in [-0.4, -0.2) is 45.2 Å². The van der Waals surface area contributed by atoms with E-state index in [1.807, 2.05) is 25.3 Å². The van der Waals surface area contributed by atoms with Crippen molar-refractivity contribution in [3.63, 3.8) is 0 Å². The van der Waals surface area contributed by atoms with Crippen LogP contribution in [0.5, 0.6) is 5.88 Å².